The van der Waals surface area contributed by atoms with Crippen LogP contribution < -0.4 is 5.32 Å². The Labute approximate surface area is 236 Å². The van der Waals surface area contributed by atoms with Gasteiger partial charge < -0.3 is 10.2 Å². The highest BCUT2D eigenvalue weighted by Crippen LogP contribution is 2.34. The van der Waals surface area contributed by atoms with Crippen LogP contribution in [0.5, 0.6) is 0 Å². The van der Waals surface area contributed by atoms with Gasteiger partial charge in [-0.3, -0.25) is 14.1 Å². The summed E-state index contributed by atoms with van der Waals surface area (Å²) in [5.41, 5.74) is 3.25. The highest BCUT2D eigenvalue weighted by molar-refractivity contribution is 8.04. The van der Waals surface area contributed by atoms with E-state index in [1.165, 1.54) is 17.3 Å². The van der Waals surface area contributed by atoms with Gasteiger partial charge in [-0.2, -0.15) is 0 Å². The fraction of sp³-hybridized carbons (Fsp3) is 0.385. The van der Waals surface area contributed by atoms with Crippen LogP contribution in [0.15, 0.2) is 64.7 Å². The number of nitrogens with one attached hydrogen (secondary N) is 1. The molecule has 1 aromatic carbocycles. The number of hydrogen-bond donors (Lipinski definition) is 1. The van der Waals surface area contributed by atoms with E-state index in [9.17, 15) is 4.79 Å². The number of amides is 1. The average Bonchev–Trinajstić information content (AvgIpc) is 3.24. The van der Waals surface area contributed by atoms with E-state index in [4.69, 9.17) is 0 Å². The number of piperazine rings is 1. The lowest BCUT2D eigenvalue weighted by atomic mass is 10.1. The van der Waals surface area contributed by atoms with Gasteiger partial charge >= 0.3 is 0 Å². The number of halogens is 3. The molecule has 0 radical (unpaired) electrons. The highest BCUT2D eigenvalue weighted by Gasteiger charge is 2.29. The van der Waals surface area contributed by atoms with Crippen molar-refractivity contribution in [2.45, 2.75) is 43.9 Å². The minimum atomic E-state index is -0.00105. The Hall–Kier alpha value is -1.74. The van der Waals surface area contributed by atoms with Crippen molar-refractivity contribution in [3.05, 3.63) is 70.9 Å². The van der Waals surface area contributed by atoms with Crippen molar-refractivity contribution >= 4 is 66.6 Å². The zero-order valence-corrected chi connectivity index (χ0v) is 23.8. The zero-order chi connectivity index (χ0) is 22.8. The standard InChI is InChI=1S/C26H31N5OS.3ClH/c1-19-16-29(17-20(2)30(19)18-21-8-4-3-5-9-21)13-7-12-27-26(32)23-14-22-15-28-24-10-6-11-25(33-23)31(22)24;;;/h3-6,8-11,14-15,19-20H,7,12-13,16-18H2,1-2H3,(H,27,32);3*1H/t19-,20+;;;. The van der Waals surface area contributed by atoms with Crippen LogP contribution in [0, 0.1) is 0 Å². The van der Waals surface area contributed by atoms with E-state index >= 15 is 0 Å². The number of nitrogens with zero attached hydrogens (tertiary/aromatic N) is 4. The number of imidazole rings is 1. The Morgan fingerprint density at radius 2 is 1.75 bits per heavy atom. The molecule has 2 aliphatic heterocycles. The van der Waals surface area contributed by atoms with E-state index in [-0.39, 0.29) is 43.1 Å². The second kappa shape index (κ2) is 13.7. The van der Waals surface area contributed by atoms with Crippen molar-refractivity contribution in [1.82, 2.24) is 24.5 Å². The van der Waals surface area contributed by atoms with Gasteiger partial charge in [0.15, 0.2) is 0 Å². The van der Waals surface area contributed by atoms with Gasteiger partial charge in [0.05, 0.1) is 21.8 Å². The van der Waals surface area contributed by atoms with Crippen molar-refractivity contribution in [2.24, 2.45) is 0 Å². The Morgan fingerprint density at radius 3 is 2.47 bits per heavy atom. The third-order valence-corrected chi connectivity index (χ3v) is 7.61. The molecular weight excluding hydrogens is 537 g/mol. The Balaban J connectivity index is 0.00000152. The summed E-state index contributed by atoms with van der Waals surface area (Å²) in [5.74, 6) is -0.00105. The Kier molecular flexibility index (Phi) is 11.6. The summed E-state index contributed by atoms with van der Waals surface area (Å²) in [7, 11) is 0. The monoisotopic (exact) mass is 569 g/mol. The molecule has 0 aliphatic carbocycles. The molecular formula is C26H34Cl3N5OS. The molecule has 1 amide bonds. The van der Waals surface area contributed by atoms with Crippen LogP contribution in [-0.4, -0.2) is 63.4 Å². The van der Waals surface area contributed by atoms with Gasteiger partial charge in [-0.15, -0.1) is 37.2 Å². The van der Waals surface area contributed by atoms with Gasteiger partial charge in [-0.25, -0.2) is 4.98 Å². The van der Waals surface area contributed by atoms with Crippen molar-refractivity contribution in [1.29, 1.82) is 0 Å². The fourth-order valence-corrected chi connectivity index (χ4v) is 5.95. The largest absolute Gasteiger partial charge is 0.352 e. The molecule has 3 aromatic rings. The first kappa shape index (κ1) is 30.5. The summed E-state index contributed by atoms with van der Waals surface area (Å²) in [6.07, 6.45) is 4.71. The maximum absolute atomic E-state index is 12.8. The number of pyridine rings is 1. The molecule has 6 nitrogen and oxygen atoms in total. The lowest BCUT2D eigenvalue weighted by molar-refractivity contribution is -0.116. The molecule has 36 heavy (non-hydrogen) atoms. The van der Waals surface area contributed by atoms with Crippen molar-refractivity contribution < 1.29 is 4.79 Å². The molecule has 1 N–H and O–H groups in total. The van der Waals surface area contributed by atoms with E-state index in [2.05, 4.69) is 68.7 Å². The number of carbonyl (C=O) groups is 1. The minimum Gasteiger partial charge on any atom is -0.352 e. The quantitative estimate of drug-likeness (QED) is 0.398. The Morgan fingerprint density at radius 1 is 1.03 bits per heavy atom. The number of benzene rings is 1. The van der Waals surface area contributed by atoms with E-state index < -0.39 is 0 Å². The van der Waals surface area contributed by atoms with Crippen LogP contribution in [0.3, 0.4) is 0 Å². The summed E-state index contributed by atoms with van der Waals surface area (Å²) in [5, 5.41) is 4.15. The maximum atomic E-state index is 12.8. The molecule has 1 saturated heterocycles. The summed E-state index contributed by atoms with van der Waals surface area (Å²) in [6, 6.07) is 17.8. The molecule has 2 aromatic heterocycles. The van der Waals surface area contributed by atoms with E-state index in [1.807, 2.05) is 30.5 Å². The number of hydrogen-bond acceptors (Lipinski definition) is 5. The maximum Gasteiger partial charge on any atom is 0.258 e. The van der Waals surface area contributed by atoms with Gasteiger partial charge in [0.1, 0.15) is 5.65 Å². The molecule has 10 heteroatoms. The van der Waals surface area contributed by atoms with Crippen LogP contribution in [0.4, 0.5) is 0 Å². The second-order valence-electron chi connectivity index (χ2n) is 9.08. The highest BCUT2D eigenvalue weighted by atomic mass is 35.5. The fourth-order valence-electron chi connectivity index (χ4n) is 4.94. The van der Waals surface area contributed by atoms with Crippen molar-refractivity contribution in [2.75, 3.05) is 26.2 Å². The summed E-state index contributed by atoms with van der Waals surface area (Å²) < 4.78 is 2.08. The normalized spacial score (nSPS) is 19.4. The average molecular weight is 571 g/mol. The molecule has 0 spiro atoms. The number of rotatable bonds is 7. The summed E-state index contributed by atoms with van der Waals surface area (Å²) in [6.45, 7) is 9.49. The molecule has 0 saturated carbocycles. The first-order valence-corrected chi connectivity index (χ1v) is 12.6. The molecule has 0 unspecified atom stereocenters. The van der Waals surface area contributed by atoms with Gasteiger partial charge in [-0.05, 0) is 50.6 Å². The zero-order valence-electron chi connectivity index (χ0n) is 20.5. The smallest absolute Gasteiger partial charge is 0.258 e. The van der Waals surface area contributed by atoms with Crippen LogP contribution >= 0.6 is 49.0 Å². The molecule has 4 heterocycles. The number of aromatic nitrogens is 2. The molecule has 2 aliphatic rings. The minimum absolute atomic E-state index is 0. The predicted molar refractivity (Wildman–Crippen MR) is 156 cm³/mol. The summed E-state index contributed by atoms with van der Waals surface area (Å²) in [4.78, 5) is 23.1. The van der Waals surface area contributed by atoms with E-state index in [1.54, 1.807) is 0 Å². The lowest BCUT2D eigenvalue weighted by Crippen LogP contribution is -2.56. The summed E-state index contributed by atoms with van der Waals surface area (Å²) >= 11 is 1.51. The van der Waals surface area contributed by atoms with Gasteiger partial charge in [0.2, 0.25) is 0 Å². The molecule has 2 atom stereocenters. The van der Waals surface area contributed by atoms with Gasteiger partial charge in [-0.1, -0.05) is 48.2 Å². The predicted octanol–water partition coefficient (Wildman–Crippen LogP) is 5.15. The lowest BCUT2D eigenvalue weighted by Gasteiger charge is -2.44. The van der Waals surface area contributed by atoms with Gasteiger partial charge in [0, 0.05) is 38.3 Å². The number of thioether (sulfide) groups is 1. The second-order valence-corrected chi connectivity index (χ2v) is 10.1. The number of carbonyl (C=O) groups excluding carboxylic acids is 1. The first-order valence-electron chi connectivity index (χ1n) is 11.7. The first-order chi connectivity index (χ1) is 16.1. The van der Waals surface area contributed by atoms with Crippen LogP contribution in [0.1, 0.15) is 31.5 Å². The topological polar surface area (TPSA) is 52.9 Å². The van der Waals surface area contributed by atoms with Crippen LogP contribution in [0.25, 0.3) is 11.7 Å². The van der Waals surface area contributed by atoms with Crippen molar-refractivity contribution in [3.63, 3.8) is 0 Å². The molecule has 196 valence electrons. The van der Waals surface area contributed by atoms with Crippen LogP contribution in [0.2, 0.25) is 0 Å². The third kappa shape index (κ3) is 6.77. The third-order valence-electron chi connectivity index (χ3n) is 6.56. The Bertz CT molecular complexity index is 1160. The van der Waals surface area contributed by atoms with Crippen molar-refractivity contribution in [3.8, 4) is 0 Å². The molecule has 5 rings (SSSR count). The van der Waals surface area contributed by atoms with Crippen LogP contribution in [-0.2, 0) is 11.3 Å². The molecule has 1 fully saturated rings. The SMILES string of the molecule is C[C@@H]1CN(CCCNC(=O)C2=Cc3cnc4cccc(n34)S2)C[C@H](C)N1Cc1ccccc1.Cl.Cl.Cl. The van der Waals surface area contributed by atoms with E-state index in [0.717, 1.165) is 53.9 Å². The van der Waals surface area contributed by atoms with Gasteiger partial charge in [0.25, 0.3) is 5.91 Å². The van der Waals surface area contributed by atoms with E-state index in [0.29, 0.717) is 18.6 Å². The molecule has 0 bridgehead atoms.